The molecule has 0 spiro atoms. The summed E-state index contributed by atoms with van der Waals surface area (Å²) >= 11 is 0. The lowest BCUT2D eigenvalue weighted by Crippen LogP contribution is -2.34. The third kappa shape index (κ3) is 6.08. The number of fused-ring (bicyclic) bond motifs is 1. The molecule has 1 saturated heterocycles. The van der Waals surface area contributed by atoms with Gasteiger partial charge in [0.25, 0.3) is 0 Å². The lowest BCUT2D eigenvalue weighted by molar-refractivity contribution is -0.143. The highest BCUT2D eigenvalue weighted by atomic mass is 19.4. The van der Waals surface area contributed by atoms with Gasteiger partial charge in [-0.2, -0.15) is 26.3 Å². The van der Waals surface area contributed by atoms with Crippen LogP contribution in [0, 0.1) is 0 Å². The Kier molecular flexibility index (Phi) is 8.22. The molecule has 16 heteroatoms. The van der Waals surface area contributed by atoms with Crippen LogP contribution in [0.15, 0.2) is 55.1 Å². The average Bonchev–Trinajstić information content (AvgIpc) is 3.51. The number of halogens is 6. The van der Waals surface area contributed by atoms with Crippen LogP contribution in [0.25, 0.3) is 11.2 Å². The van der Waals surface area contributed by atoms with Gasteiger partial charge in [-0.15, -0.1) is 0 Å². The van der Waals surface area contributed by atoms with E-state index in [1.165, 1.54) is 36.5 Å². The molecule has 0 amide bonds. The van der Waals surface area contributed by atoms with Crippen molar-refractivity contribution in [2.45, 2.75) is 42.8 Å². The molecule has 5 rings (SSSR count). The molecule has 1 fully saturated rings. The van der Waals surface area contributed by atoms with E-state index in [2.05, 4.69) is 15.0 Å². The Bertz CT molecular complexity index is 1560. The summed E-state index contributed by atoms with van der Waals surface area (Å²) in [6.07, 6.45) is -12.9. The van der Waals surface area contributed by atoms with Crippen LogP contribution in [0.2, 0.25) is 0 Å². The van der Waals surface area contributed by atoms with Crippen LogP contribution >= 0.6 is 0 Å². The Balaban J connectivity index is 1.42. The number of aromatic nitrogens is 4. The first kappa shape index (κ1) is 30.5. The molecule has 0 aliphatic carbocycles. The number of para-hydroxylation sites is 1. The van der Waals surface area contributed by atoms with Crippen LogP contribution in [0.3, 0.4) is 0 Å². The number of ether oxygens (including phenoxy) is 3. The van der Waals surface area contributed by atoms with E-state index in [1.807, 2.05) is 0 Å². The Morgan fingerprint density at radius 3 is 2.30 bits per heavy atom. The summed E-state index contributed by atoms with van der Waals surface area (Å²) < 4.78 is 100. The number of alkyl halides is 6. The van der Waals surface area contributed by atoms with E-state index in [1.54, 1.807) is 12.1 Å². The van der Waals surface area contributed by atoms with Gasteiger partial charge in [-0.25, -0.2) is 15.0 Å². The minimum absolute atomic E-state index is 0.0479. The highest BCUT2D eigenvalue weighted by Gasteiger charge is 2.45. The van der Waals surface area contributed by atoms with Crippen molar-refractivity contribution in [2.24, 2.45) is 0 Å². The highest BCUT2D eigenvalue weighted by molar-refractivity contribution is 5.81. The molecule has 4 N–H and O–H groups in total. The molecule has 1 aliphatic rings. The van der Waals surface area contributed by atoms with Gasteiger partial charge in [0.05, 0.1) is 37.8 Å². The van der Waals surface area contributed by atoms with Gasteiger partial charge in [0.15, 0.2) is 17.7 Å². The molecular weight excluding hydrogens is 588 g/mol. The number of imidazole rings is 1. The van der Waals surface area contributed by atoms with E-state index in [-0.39, 0.29) is 46.5 Å². The standard InChI is InChI=1S/C27H25F6N5O5/c1-41-18-5-3-2-4-16(18)17(13-6-14(26(28,29)30)8-15(7-13)27(31,32)33)9-42-10-19-21(39)22(40)25(43-19)38-12-37-20-23(34)35-11-36-24(20)38/h2-8,11-12,17,19,21-22,25,39-40H,9-10H2,1H3,(H2,34,35,36)/t17?,19-,21-,22-,25-/m1/s1. The zero-order valence-electron chi connectivity index (χ0n) is 22.3. The van der Waals surface area contributed by atoms with Gasteiger partial charge in [-0.05, 0) is 29.8 Å². The maximum absolute atomic E-state index is 13.6. The van der Waals surface area contributed by atoms with Crippen molar-refractivity contribution in [1.29, 1.82) is 0 Å². The van der Waals surface area contributed by atoms with Gasteiger partial charge in [-0.1, -0.05) is 18.2 Å². The third-order valence-electron chi connectivity index (χ3n) is 7.09. The van der Waals surface area contributed by atoms with Gasteiger partial charge in [0.1, 0.15) is 35.9 Å². The zero-order valence-corrected chi connectivity index (χ0v) is 22.3. The number of hydrogen-bond acceptors (Lipinski definition) is 9. The van der Waals surface area contributed by atoms with E-state index in [9.17, 15) is 36.6 Å². The monoisotopic (exact) mass is 613 g/mol. The molecule has 43 heavy (non-hydrogen) atoms. The number of hydrogen-bond donors (Lipinski definition) is 3. The quantitative estimate of drug-likeness (QED) is 0.253. The first-order valence-electron chi connectivity index (χ1n) is 12.7. The zero-order chi connectivity index (χ0) is 31.1. The fourth-order valence-corrected chi connectivity index (χ4v) is 4.96. The minimum Gasteiger partial charge on any atom is -0.496 e. The third-order valence-corrected chi connectivity index (χ3v) is 7.09. The maximum Gasteiger partial charge on any atom is 0.416 e. The van der Waals surface area contributed by atoms with Crippen molar-refractivity contribution < 1.29 is 50.8 Å². The number of nitrogens with zero attached hydrogens (tertiary/aromatic N) is 4. The lowest BCUT2D eigenvalue weighted by atomic mass is 9.88. The topological polar surface area (TPSA) is 138 Å². The van der Waals surface area contributed by atoms with Crippen LogP contribution in [0.1, 0.15) is 34.4 Å². The van der Waals surface area contributed by atoms with Crippen molar-refractivity contribution in [1.82, 2.24) is 19.5 Å². The smallest absolute Gasteiger partial charge is 0.416 e. The predicted octanol–water partition coefficient (Wildman–Crippen LogP) is 3.92. The van der Waals surface area contributed by atoms with Crippen LogP contribution < -0.4 is 10.5 Å². The molecule has 10 nitrogen and oxygen atoms in total. The Morgan fingerprint density at radius 1 is 0.977 bits per heavy atom. The second-order valence-corrected chi connectivity index (χ2v) is 9.80. The molecule has 0 bridgehead atoms. The lowest BCUT2D eigenvalue weighted by Gasteiger charge is -2.24. The molecule has 0 radical (unpaired) electrons. The first-order chi connectivity index (χ1) is 20.3. The molecule has 2 aromatic carbocycles. The predicted molar refractivity (Wildman–Crippen MR) is 138 cm³/mol. The summed E-state index contributed by atoms with van der Waals surface area (Å²) in [5, 5.41) is 21.4. The Morgan fingerprint density at radius 2 is 1.65 bits per heavy atom. The molecule has 3 heterocycles. The molecule has 1 unspecified atom stereocenters. The van der Waals surface area contributed by atoms with Crippen molar-refractivity contribution in [2.75, 3.05) is 26.1 Å². The second-order valence-electron chi connectivity index (χ2n) is 9.80. The summed E-state index contributed by atoms with van der Waals surface area (Å²) in [4.78, 5) is 12.0. The first-order valence-corrected chi connectivity index (χ1v) is 12.7. The molecule has 4 aromatic rings. The molecule has 1 aliphatic heterocycles. The SMILES string of the molecule is COc1ccccc1C(COC[C@H]1O[C@@H](n2cnc3c(N)ncnc32)[C@H](O)[C@@H]1O)c1cc(C(F)(F)F)cc(C(F)(F)F)c1. The number of anilines is 1. The number of aliphatic hydroxyl groups is 2. The van der Waals surface area contributed by atoms with Crippen LogP contribution in [-0.4, -0.2) is 68.4 Å². The van der Waals surface area contributed by atoms with E-state index < -0.39 is 60.5 Å². The molecule has 2 aromatic heterocycles. The Labute approximate surface area is 239 Å². The second kappa shape index (κ2) is 11.6. The van der Waals surface area contributed by atoms with Crippen molar-refractivity contribution in [3.63, 3.8) is 0 Å². The normalized spacial score (nSPS) is 21.8. The van der Waals surface area contributed by atoms with E-state index >= 15 is 0 Å². The fourth-order valence-electron chi connectivity index (χ4n) is 4.96. The van der Waals surface area contributed by atoms with Crippen LogP contribution in [-0.2, 0) is 21.8 Å². The van der Waals surface area contributed by atoms with E-state index in [4.69, 9.17) is 19.9 Å². The Hall–Kier alpha value is -3.99. The highest BCUT2D eigenvalue weighted by Crippen LogP contribution is 2.41. The molecular formula is C27H25F6N5O5. The van der Waals surface area contributed by atoms with Gasteiger partial charge in [0.2, 0.25) is 0 Å². The largest absolute Gasteiger partial charge is 0.496 e. The number of nitrogens with two attached hydrogens (primary N) is 1. The summed E-state index contributed by atoms with van der Waals surface area (Å²) in [6, 6.07) is 7.47. The maximum atomic E-state index is 13.6. The van der Waals surface area contributed by atoms with Crippen LogP contribution in [0.4, 0.5) is 32.2 Å². The summed E-state index contributed by atoms with van der Waals surface area (Å²) in [6.45, 7) is -0.806. The number of nitrogen functional groups attached to an aromatic ring is 1. The molecule has 230 valence electrons. The summed E-state index contributed by atoms with van der Waals surface area (Å²) in [7, 11) is 1.31. The minimum atomic E-state index is -5.05. The van der Waals surface area contributed by atoms with Gasteiger partial charge in [-0.3, -0.25) is 4.57 Å². The van der Waals surface area contributed by atoms with Gasteiger partial charge in [0, 0.05) is 11.5 Å². The van der Waals surface area contributed by atoms with Crippen molar-refractivity contribution >= 4 is 17.0 Å². The van der Waals surface area contributed by atoms with Crippen molar-refractivity contribution in [3.05, 3.63) is 77.4 Å². The van der Waals surface area contributed by atoms with Crippen LogP contribution in [0.5, 0.6) is 5.75 Å². The average molecular weight is 614 g/mol. The van der Waals surface area contributed by atoms with E-state index in [0.29, 0.717) is 12.1 Å². The molecule has 5 atom stereocenters. The summed E-state index contributed by atoms with van der Waals surface area (Å²) in [5.41, 5.74) is 3.27. The van der Waals surface area contributed by atoms with Gasteiger partial charge < -0.3 is 30.2 Å². The number of benzene rings is 2. The number of rotatable bonds is 8. The van der Waals surface area contributed by atoms with Gasteiger partial charge >= 0.3 is 12.4 Å². The fraction of sp³-hybridized carbons (Fsp3) is 0.370. The van der Waals surface area contributed by atoms with Crippen molar-refractivity contribution in [3.8, 4) is 5.75 Å². The number of aliphatic hydroxyl groups excluding tert-OH is 2. The summed E-state index contributed by atoms with van der Waals surface area (Å²) in [5.74, 6) is -0.860. The molecule has 0 saturated carbocycles. The van der Waals surface area contributed by atoms with E-state index in [0.717, 1.165) is 0 Å². The number of methoxy groups -OCH3 is 1.